The van der Waals surface area contributed by atoms with Gasteiger partial charge in [0.1, 0.15) is 0 Å². The summed E-state index contributed by atoms with van der Waals surface area (Å²) in [7, 11) is 0. The minimum absolute atomic E-state index is 0.964. The maximum atomic E-state index is 12.5. The molecule has 2 unspecified atom stereocenters. The second-order valence-electron chi connectivity index (χ2n) is 4.19. The van der Waals surface area contributed by atoms with E-state index in [2.05, 4.69) is 0 Å². The van der Waals surface area contributed by atoms with Gasteiger partial charge in [0.05, 0.1) is 11.3 Å². The predicted molar refractivity (Wildman–Crippen MR) is 39.1 cm³/mol. The molecular weight excluding hydrogens is 185 g/mol. The summed E-state index contributed by atoms with van der Waals surface area (Å²) in [6.45, 7) is 3.63. The topological polar surface area (TPSA) is 37.3 Å². The molecule has 1 fully saturated rings. The maximum absolute atomic E-state index is 12.5. The van der Waals surface area contributed by atoms with E-state index in [0.29, 0.717) is 0 Å². The minimum atomic E-state index is -4.44. The van der Waals surface area contributed by atoms with E-state index < -0.39 is 28.9 Å². The second kappa shape index (κ2) is 2.19. The van der Waals surface area contributed by atoms with E-state index >= 15 is 0 Å². The lowest BCUT2D eigenvalue weighted by Gasteiger charge is -2.17. The van der Waals surface area contributed by atoms with Crippen LogP contribution in [-0.2, 0) is 4.79 Å². The molecule has 13 heavy (non-hydrogen) atoms. The summed E-state index contributed by atoms with van der Waals surface area (Å²) >= 11 is 0. The van der Waals surface area contributed by atoms with E-state index in [1.807, 2.05) is 0 Å². The first-order valence-electron chi connectivity index (χ1n) is 3.86. The Morgan fingerprint density at radius 2 is 1.69 bits per heavy atom. The highest BCUT2D eigenvalue weighted by molar-refractivity contribution is 5.77. The molecule has 0 aromatic rings. The second-order valence-corrected chi connectivity index (χ2v) is 4.19. The van der Waals surface area contributed by atoms with Crippen molar-refractivity contribution in [1.29, 1.82) is 0 Å². The van der Waals surface area contributed by atoms with Gasteiger partial charge in [-0.15, -0.1) is 0 Å². The third-order valence-electron chi connectivity index (χ3n) is 3.39. The Labute approximate surface area is 73.7 Å². The fourth-order valence-corrected chi connectivity index (χ4v) is 2.06. The summed E-state index contributed by atoms with van der Waals surface area (Å²) in [5, 5.41) is 8.59. The van der Waals surface area contributed by atoms with E-state index in [4.69, 9.17) is 5.11 Å². The van der Waals surface area contributed by atoms with Crippen LogP contribution in [0.15, 0.2) is 0 Å². The molecule has 2 nitrogen and oxygen atoms in total. The van der Waals surface area contributed by atoms with Gasteiger partial charge in [-0.1, -0.05) is 13.8 Å². The molecule has 0 aromatic carbocycles. The lowest BCUT2D eigenvalue weighted by molar-refractivity contribution is -0.196. The van der Waals surface area contributed by atoms with Gasteiger partial charge in [0.25, 0.3) is 0 Å². The van der Waals surface area contributed by atoms with Crippen LogP contribution in [-0.4, -0.2) is 17.3 Å². The van der Waals surface area contributed by atoms with Crippen LogP contribution in [0.4, 0.5) is 13.2 Å². The molecule has 0 heterocycles. The Hall–Kier alpha value is -0.740. The summed E-state index contributed by atoms with van der Waals surface area (Å²) in [6.07, 6.45) is -4.44. The van der Waals surface area contributed by atoms with Crippen LogP contribution in [0.1, 0.15) is 20.8 Å². The first kappa shape index (κ1) is 10.3. The quantitative estimate of drug-likeness (QED) is 0.698. The SMILES string of the molecule is CC1(C)C(C(=O)O)C1(C)C(F)(F)F. The number of rotatable bonds is 1. The molecule has 1 N–H and O–H groups in total. The fourth-order valence-electron chi connectivity index (χ4n) is 2.06. The highest BCUT2D eigenvalue weighted by Crippen LogP contribution is 2.74. The van der Waals surface area contributed by atoms with Gasteiger partial charge >= 0.3 is 12.1 Å². The molecule has 0 aliphatic heterocycles. The average Bonchev–Trinajstić information content (AvgIpc) is 2.26. The zero-order valence-electron chi connectivity index (χ0n) is 7.57. The van der Waals surface area contributed by atoms with Crippen LogP contribution < -0.4 is 0 Å². The van der Waals surface area contributed by atoms with Gasteiger partial charge in [0.15, 0.2) is 0 Å². The normalized spacial score (nSPS) is 37.2. The molecule has 1 aliphatic carbocycles. The van der Waals surface area contributed by atoms with Gasteiger partial charge < -0.3 is 5.11 Å². The van der Waals surface area contributed by atoms with Crippen molar-refractivity contribution in [3.63, 3.8) is 0 Å². The number of carboxylic acid groups (broad SMARTS) is 1. The van der Waals surface area contributed by atoms with Crippen LogP contribution in [0.2, 0.25) is 0 Å². The molecule has 5 heteroatoms. The monoisotopic (exact) mass is 196 g/mol. The summed E-state index contributed by atoms with van der Waals surface area (Å²) in [5.41, 5.74) is -3.27. The smallest absolute Gasteiger partial charge is 0.395 e. The van der Waals surface area contributed by atoms with Crippen LogP contribution in [0, 0.1) is 16.7 Å². The highest BCUT2D eigenvalue weighted by Gasteiger charge is 2.82. The number of hydrogen-bond donors (Lipinski definition) is 1. The Morgan fingerprint density at radius 1 is 1.31 bits per heavy atom. The van der Waals surface area contributed by atoms with E-state index in [9.17, 15) is 18.0 Å². The summed E-state index contributed by atoms with van der Waals surface area (Å²) in [5.74, 6) is -2.69. The number of alkyl halides is 3. The van der Waals surface area contributed by atoms with Crippen LogP contribution >= 0.6 is 0 Å². The van der Waals surface area contributed by atoms with Crippen molar-refractivity contribution < 1.29 is 23.1 Å². The van der Waals surface area contributed by atoms with Crippen LogP contribution in [0.25, 0.3) is 0 Å². The molecule has 2 atom stereocenters. The van der Waals surface area contributed by atoms with Crippen molar-refractivity contribution in [1.82, 2.24) is 0 Å². The molecule has 0 aromatic heterocycles. The Balaban J connectivity index is 3.04. The standard InChI is InChI=1S/C8H11F3O2/c1-6(2)4(5(12)13)7(6,3)8(9,10)11/h4H,1-3H3,(H,12,13). The van der Waals surface area contributed by atoms with Gasteiger partial charge in [-0.25, -0.2) is 0 Å². The van der Waals surface area contributed by atoms with Gasteiger partial charge in [0.2, 0.25) is 0 Å². The van der Waals surface area contributed by atoms with Gasteiger partial charge in [0, 0.05) is 0 Å². The maximum Gasteiger partial charge on any atom is 0.395 e. The number of carboxylic acids is 1. The molecule has 1 rings (SSSR count). The van der Waals surface area contributed by atoms with Crippen molar-refractivity contribution >= 4 is 5.97 Å². The number of halogens is 3. The first-order chi connectivity index (χ1) is 5.57. The third-order valence-corrected chi connectivity index (χ3v) is 3.39. The van der Waals surface area contributed by atoms with Crippen LogP contribution in [0.5, 0.6) is 0 Å². The first-order valence-corrected chi connectivity index (χ1v) is 3.86. The fraction of sp³-hybridized carbons (Fsp3) is 0.875. The van der Waals surface area contributed by atoms with Crippen molar-refractivity contribution in [3.05, 3.63) is 0 Å². The predicted octanol–water partition coefficient (Wildman–Crippen LogP) is 2.30. The zero-order chi connectivity index (χ0) is 10.7. The Bertz CT molecular complexity index is 257. The molecule has 0 radical (unpaired) electrons. The van der Waals surface area contributed by atoms with E-state index in [0.717, 1.165) is 6.92 Å². The largest absolute Gasteiger partial charge is 0.481 e. The summed E-state index contributed by atoms with van der Waals surface area (Å²) in [6, 6.07) is 0. The number of carbonyl (C=O) groups is 1. The Kier molecular flexibility index (Phi) is 1.74. The van der Waals surface area contributed by atoms with Gasteiger partial charge in [-0.3, -0.25) is 4.79 Å². The van der Waals surface area contributed by atoms with Crippen molar-refractivity contribution in [2.45, 2.75) is 26.9 Å². The molecule has 0 spiro atoms. The summed E-state index contributed by atoms with van der Waals surface area (Å²) < 4.78 is 37.4. The minimum Gasteiger partial charge on any atom is -0.481 e. The summed E-state index contributed by atoms with van der Waals surface area (Å²) in [4.78, 5) is 10.5. The molecule has 76 valence electrons. The van der Waals surface area contributed by atoms with Crippen molar-refractivity contribution in [2.75, 3.05) is 0 Å². The van der Waals surface area contributed by atoms with Gasteiger partial charge in [-0.2, -0.15) is 13.2 Å². The van der Waals surface area contributed by atoms with Gasteiger partial charge in [-0.05, 0) is 12.3 Å². The molecule has 0 amide bonds. The molecule has 1 aliphatic rings. The van der Waals surface area contributed by atoms with E-state index in [1.165, 1.54) is 13.8 Å². The van der Waals surface area contributed by atoms with Crippen molar-refractivity contribution in [2.24, 2.45) is 16.7 Å². The van der Waals surface area contributed by atoms with E-state index in [-0.39, 0.29) is 0 Å². The number of aliphatic carboxylic acids is 1. The Morgan fingerprint density at radius 3 is 1.77 bits per heavy atom. The van der Waals surface area contributed by atoms with Crippen molar-refractivity contribution in [3.8, 4) is 0 Å². The number of hydrogen-bond acceptors (Lipinski definition) is 1. The lowest BCUT2D eigenvalue weighted by atomic mass is 9.98. The third kappa shape index (κ3) is 0.988. The van der Waals surface area contributed by atoms with E-state index in [1.54, 1.807) is 0 Å². The average molecular weight is 196 g/mol. The molecular formula is C8H11F3O2. The molecule has 0 bridgehead atoms. The highest BCUT2D eigenvalue weighted by atomic mass is 19.4. The molecule has 0 saturated heterocycles. The van der Waals surface area contributed by atoms with Crippen LogP contribution in [0.3, 0.4) is 0 Å². The zero-order valence-corrected chi connectivity index (χ0v) is 7.57. The molecule has 1 saturated carbocycles. The lowest BCUT2D eigenvalue weighted by Crippen LogP contribution is -2.27.